The van der Waals surface area contributed by atoms with E-state index >= 15 is 0 Å². The van der Waals surface area contributed by atoms with Crippen LogP contribution in [0.5, 0.6) is 0 Å². The van der Waals surface area contributed by atoms with Crippen molar-refractivity contribution in [2.75, 3.05) is 19.9 Å². The van der Waals surface area contributed by atoms with Crippen LogP contribution in [0.4, 0.5) is 0 Å². The van der Waals surface area contributed by atoms with Crippen molar-refractivity contribution in [1.82, 2.24) is 0 Å². The maximum atomic E-state index is 11.4. The molecular formula is C9H20NaO4P. The predicted octanol–water partition coefficient (Wildman–Crippen LogP) is -1.21. The topological polar surface area (TPSA) is 58.6 Å². The van der Waals surface area contributed by atoms with Gasteiger partial charge in [0.15, 0.2) is 0 Å². The summed E-state index contributed by atoms with van der Waals surface area (Å²) in [6, 6.07) is 0. The van der Waals surface area contributed by atoms with E-state index in [0.29, 0.717) is 13.2 Å². The summed E-state index contributed by atoms with van der Waals surface area (Å²) in [7, 11) is -3.64. The first-order valence-corrected chi connectivity index (χ1v) is 7.01. The van der Waals surface area contributed by atoms with Gasteiger partial charge in [-0.25, -0.2) is 0 Å². The van der Waals surface area contributed by atoms with E-state index < -0.39 is 12.9 Å². The fourth-order valence-electron chi connectivity index (χ4n) is 0.859. The third kappa shape index (κ3) is 6.42. The van der Waals surface area contributed by atoms with Gasteiger partial charge in [-0.05, 0) is 26.4 Å². The zero-order valence-corrected chi connectivity index (χ0v) is 13.3. The number of ether oxygens (including phenoxy) is 2. The second-order valence-electron chi connectivity index (χ2n) is 3.44. The molecule has 86 valence electrons. The van der Waals surface area contributed by atoms with E-state index in [4.69, 9.17) is 9.47 Å². The number of hydrogen-bond donors (Lipinski definition) is 0. The van der Waals surface area contributed by atoms with Crippen molar-refractivity contribution in [3.05, 3.63) is 0 Å². The van der Waals surface area contributed by atoms with Gasteiger partial charge < -0.3 is 18.9 Å². The molecule has 4 nitrogen and oxygen atoms in total. The van der Waals surface area contributed by atoms with Gasteiger partial charge in [-0.1, -0.05) is 13.8 Å². The number of rotatable bonds is 7. The molecule has 0 aliphatic carbocycles. The molecule has 15 heavy (non-hydrogen) atoms. The van der Waals surface area contributed by atoms with E-state index in [-0.39, 0.29) is 29.6 Å². The Balaban J connectivity index is 0. The van der Waals surface area contributed by atoms with Crippen molar-refractivity contribution in [3.8, 4) is 0 Å². The van der Waals surface area contributed by atoms with Gasteiger partial charge in [0.25, 0.3) is 0 Å². The van der Waals surface area contributed by atoms with Gasteiger partial charge >= 0.3 is 29.6 Å². The van der Waals surface area contributed by atoms with Gasteiger partial charge in [-0.15, -0.1) is 0 Å². The van der Waals surface area contributed by atoms with Gasteiger partial charge in [0.05, 0.1) is 20.6 Å². The Labute approximate surface area is 114 Å². The zero-order chi connectivity index (χ0) is 11.2. The van der Waals surface area contributed by atoms with Gasteiger partial charge in [-0.2, -0.15) is 0 Å². The summed E-state index contributed by atoms with van der Waals surface area (Å²) in [4.78, 5) is 11.4. The minimum absolute atomic E-state index is 0. The van der Waals surface area contributed by atoms with Gasteiger partial charge in [0.1, 0.15) is 0 Å². The molecule has 0 aromatic carbocycles. The molecule has 1 atom stereocenters. The molecular weight excluding hydrogens is 226 g/mol. The molecule has 0 heterocycles. The summed E-state index contributed by atoms with van der Waals surface area (Å²) in [6.07, 6.45) is 1.54. The quantitative estimate of drug-likeness (QED) is 0.321. The molecule has 0 aliphatic rings. The first kappa shape index (κ1) is 18.5. The van der Waals surface area contributed by atoms with Crippen LogP contribution in [-0.4, -0.2) is 25.4 Å². The summed E-state index contributed by atoms with van der Waals surface area (Å²) in [6.45, 7) is 7.24. The van der Waals surface area contributed by atoms with E-state index in [1.54, 1.807) is 0 Å². The molecule has 0 radical (unpaired) electrons. The molecule has 0 fully saturated rings. The van der Waals surface area contributed by atoms with E-state index in [9.17, 15) is 9.46 Å². The van der Waals surface area contributed by atoms with Gasteiger partial charge in [-0.3, -0.25) is 0 Å². The summed E-state index contributed by atoms with van der Waals surface area (Å²) >= 11 is 0. The smallest absolute Gasteiger partial charge is 0.796 e. The van der Waals surface area contributed by atoms with Crippen LogP contribution in [-0.2, 0) is 14.0 Å². The average Bonchev–Trinajstić information content (AvgIpc) is 2.09. The number of hydrogen-bond acceptors (Lipinski definition) is 4. The average molecular weight is 246 g/mol. The van der Waals surface area contributed by atoms with Crippen molar-refractivity contribution in [1.29, 1.82) is 0 Å². The van der Waals surface area contributed by atoms with Crippen LogP contribution >= 0.6 is 7.37 Å². The molecule has 0 spiro atoms. The fraction of sp³-hybridized carbons (Fsp3) is 1.00. The third-order valence-corrected chi connectivity index (χ3v) is 3.62. The van der Waals surface area contributed by atoms with E-state index in [0.717, 1.165) is 19.5 Å². The van der Waals surface area contributed by atoms with Crippen molar-refractivity contribution >= 4 is 7.37 Å². The van der Waals surface area contributed by atoms with Crippen LogP contribution in [0.3, 0.4) is 0 Å². The molecule has 0 bridgehead atoms. The van der Waals surface area contributed by atoms with Crippen molar-refractivity contribution in [2.24, 2.45) is 0 Å². The van der Waals surface area contributed by atoms with Crippen LogP contribution < -0.4 is 34.5 Å². The maximum Gasteiger partial charge on any atom is 1.00 e. The fourth-order valence-corrected chi connectivity index (χ4v) is 1.51. The molecule has 0 amide bonds. The monoisotopic (exact) mass is 246 g/mol. The third-order valence-electron chi connectivity index (χ3n) is 1.89. The minimum Gasteiger partial charge on any atom is -0.796 e. The van der Waals surface area contributed by atoms with Crippen molar-refractivity contribution < 1.29 is 48.5 Å². The standard InChI is InChI=1S/C9H21O4P.Na/c1-5-7-12-9(3,13-8-6-2)14(4,10)11;/h5-8H2,1-4H3,(H,10,11);/q;+1/p-1. The van der Waals surface area contributed by atoms with E-state index in [1.807, 2.05) is 13.8 Å². The molecule has 0 aromatic heterocycles. The molecule has 0 saturated heterocycles. The van der Waals surface area contributed by atoms with E-state index in [2.05, 4.69) is 0 Å². The van der Waals surface area contributed by atoms with Crippen LogP contribution in [0, 0.1) is 0 Å². The Kier molecular flexibility index (Phi) is 10.1. The van der Waals surface area contributed by atoms with Crippen molar-refractivity contribution in [3.63, 3.8) is 0 Å². The first-order chi connectivity index (χ1) is 6.37. The molecule has 0 N–H and O–H groups in total. The Hall–Kier alpha value is 1.11. The summed E-state index contributed by atoms with van der Waals surface area (Å²) in [5.41, 5.74) is -1.46. The molecule has 0 rings (SSSR count). The SMILES string of the molecule is CCCOC(C)(OCCC)P(C)(=O)[O-].[Na+]. The predicted molar refractivity (Wildman–Crippen MR) is 54.4 cm³/mol. The first-order valence-electron chi connectivity index (χ1n) is 4.94. The molecule has 1 unspecified atom stereocenters. The van der Waals surface area contributed by atoms with Crippen LogP contribution in [0.2, 0.25) is 0 Å². The van der Waals surface area contributed by atoms with Crippen molar-refractivity contribution in [2.45, 2.75) is 39.1 Å². The van der Waals surface area contributed by atoms with Crippen LogP contribution in [0.1, 0.15) is 33.6 Å². The summed E-state index contributed by atoms with van der Waals surface area (Å²) < 4.78 is 21.9. The largest absolute Gasteiger partial charge is 1.00 e. The van der Waals surface area contributed by atoms with Gasteiger partial charge in [0, 0.05) is 0 Å². The van der Waals surface area contributed by atoms with E-state index in [1.165, 1.54) is 6.92 Å². The second-order valence-corrected chi connectivity index (χ2v) is 5.94. The Morgan fingerprint density at radius 3 is 1.73 bits per heavy atom. The molecule has 0 saturated carbocycles. The normalized spacial score (nSPS) is 15.5. The Morgan fingerprint density at radius 1 is 1.20 bits per heavy atom. The van der Waals surface area contributed by atoms with Gasteiger partial charge in [0.2, 0.25) is 5.53 Å². The van der Waals surface area contributed by atoms with Crippen LogP contribution in [0.15, 0.2) is 0 Å². The molecule has 6 heteroatoms. The summed E-state index contributed by atoms with van der Waals surface area (Å²) in [5.74, 6) is 0. The molecule has 0 aliphatic heterocycles. The Bertz CT molecular complexity index is 196. The Morgan fingerprint density at radius 2 is 1.53 bits per heavy atom. The summed E-state index contributed by atoms with van der Waals surface area (Å²) in [5, 5.41) is 0. The van der Waals surface area contributed by atoms with Crippen LogP contribution in [0.25, 0.3) is 0 Å². The maximum absolute atomic E-state index is 11.4. The molecule has 0 aromatic rings. The second kappa shape index (κ2) is 8.24. The zero-order valence-electron chi connectivity index (χ0n) is 10.4. The minimum atomic E-state index is -3.64.